The van der Waals surface area contributed by atoms with Gasteiger partial charge in [-0.05, 0) is 110 Å². The lowest BCUT2D eigenvalue weighted by molar-refractivity contribution is -0.0581. The molecule has 4 aliphatic rings. The van der Waals surface area contributed by atoms with Crippen LogP contribution in [0, 0.1) is 46.3 Å². The summed E-state index contributed by atoms with van der Waals surface area (Å²) in [4.78, 5) is 12.6. The van der Waals surface area contributed by atoms with Crippen molar-refractivity contribution in [1.29, 1.82) is 0 Å². The summed E-state index contributed by atoms with van der Waals surface area (Å²) in [6.07, 6.45) is 18.6. The number of allylic oxidation sites excluding steroid dienone is 1. The van der Waals surface area contributed by atoms with Crippen molar-refractivity contribution in [2.24, 2.45) is 46.3 Å². The number of hydrogen-bond acceptors (Lipinski definition) is 2. The van der Waals surface area contributed by atoms with Gasteiger partial charge in [-0.15, -0.1) is 0 Å². The summed E-state index contributed by atoms with van der Waals surface area (Å²) in [5.74, 6) is 5.18. The molecular weight excluding hydrogens is 490 g/mol. The lowest BCUT2D eigenvalue weighted by Gasteiger charge is -2.58. The molecule has 0 saturated heterocycles. The highest BCUT2D eigenvalue weighted by atomic mass is 16.6. The first-order valence-electron chi connectivity index (χ1n) is 16.9. The zero-order valence-electron chi connectivity index (χ0n) is 26.2. The summed E-state index contributed by atoms with van der Waals surface area (Å²) in [6.45, 7) is 13.2. The van der Waals surface area contributed by atoms with Crippen molar-refractivity contribution in [3.63, 3.8) is 0 Å². The van der Waals surface area contributed by atoms with Gasteiger partial charge < -0.3 is 10.1 Å². The van der Waals surface area contributed by atoms with Crippen LogP contribution in [0.5, 0.6) is 0 Å². The monoisotopic (exact) mass is 547 g/mol. The van der Waals surface area contributed by atoms with Gasteiger partial charge in [-0.2, -0.15) is 0 Å². The van der Waals surface area contributed by atoms with Crippen LogP contribution < -0.4 is 5.32 Å². The van der Waals surface area contributed by atoms with E-state index in [9.17, 15) is 4.79 Å². The van der Waals surface area contributed by atoms with Crippen molar-refractivity contribution in [2.75, 3.05) is 6.54 Å². The minimum Gasteiger partial charge on any atom is -0.446 e. The number of alkyl carbamates (subject to hydrolysis) is 1. The molecule has 40 heavy (non-hydrogen) atoms. The average Bonchev–Trinajstić information content (AvgIpc) is 3.29. The first-order valence-corrected chi connectivity index (χ1v) is 16.9. The van der Waals surface area contributed by atoms with E-state index in [0.717, 1.165) is 61.2 Å². The zero-order valence-corrected chi connectivity index (χ0v) is 26.2. The second-order valence-electron chi connectivity index (χ2n) is 15.1. The number of benzene rings is 1. The molecule has 3 fully saturated rings. The smallest absolute Gasteiger partial charge is 0.407 e. The van der Waals surface area contributed by atoms with E-state index >= 15 is 0 Å². The number of hydrogen-bond donors (Lipinski definition) is 1. The number of carbonyl (C=O) groups is 1. The highest BCUT2D eigenvalue weighted by molar-refractivity contribution is 5.67. The summed E-state index contributed by atoms with van der Waals surface area (Å²) in [5.41, 5.74) is 3.76. The number of fused-ring (bicyclic) bond motifs is 5. The molecule has 0 bridgehead atoms. The van der Waals surface area contributed by atoms with Crippen molar-refractivity contribution in [3.05, 3.63) is 47.5 Å². The van der Waals surface area contributed by atoms with E-state index < -0.39 is 0 Å². The van der Waals surface area contributed by atoms with Crippen LogP contribution in [-0.2, 0) is 11.2 Å². The second kappa shape index (κ2) is 12.6. The maximum absolute atomic E-state index is 12.6. The van der Waals surface area contributed by atoms with Crippen molar-refractivity contribution >= 4 is 6.09 Å². The van der Waals surface area contributed by atoms with Gasteiger partial charge in [-0.1, -0.05) is 95.9 Å². The van der Waals surface area contributed by atoms with Crippen LogP contribution in [0.4, 0.5) is 4.79 Å². The molecule has 8 atom stereocenters. The van der Waals surface area contributed by atoms with Crippen molar-refractivity contribution in [2.45, 2.75) is 124 Å². The Labute approximate surface area is 245 Å². The third-order valence-electron chi connectivity index (χ3n) is 12.3. The van der Waals surface area contributed by atoms with E-state index in [1.807, 2.05) is 6.07 Å². The molecule has 1 N–H and O–H groups in total. The van der Waals surface area contributed by atoms with Crippen molar-refractivity contribution in [3.8, 4) is 0 Å². The minimum atomic E-state index is -0.233. The molecule has 0 spiro atoms. The predicted molar refractivity (Wildman–Crippen MR) is 166 cm³/mol. The molecule has 0 aromatic heterocycles. The molecule has 4 aliphatic carbocycles. The lowest BCUT2D eigenvalue weighted by Crippen LogP contribution is -2.51. The van der Waals surface area contributed by atoms with Gasteiger partial charge in [0.25, 0.3) is 0 Å². The highest BCUT2D eigenvalue weighted by Gasteiger charge is 2.59. The first-order chi connectivity index (χ1) is 19.2. The SMILES string of the molecule is CC(C)CCC[C@@H](C)C1CCC2[C@@H]3CC=C4C[C@@H](OC(=O)NCCCc5ccccc5)CC[C@]4(C)C3CC[C@@]21C. The molecule has 1 aromatic carbocycles. The maximum Gasteiger partial charge on any atom is 0.407 e. The summed E-state index contributed by atoms with van der Waals surface area (Å²) < 4.78 is 5.96. The Kier molecular flexibility index (Phi) is 9.37. The Morgan fingerprint density at radius 2 is 1.77 bits per heavy atom. The van der Waals surface area contributed by atoms with Gasteiger partial charge >= 0.3 is 6.09 Å². The quantitative estimate of drug-likeness (QED) is 0.234. The summed E-state index contributed by atoms with van der Waals surface area (Å²) in [6, 6.07) is 10.5. The zero-order chi connectivity index (χ0) is 28.3. The molecule has 0 heterocycles. The molecule has 1 amide bonds. The molecule has 0 radical (unpaired) electrons. The number of nitrogens with one attached hydrogen (secondary N) is 1. The van der Waals surface area contributed by atoms with E-state index in [2.05, 4.69) is 70.3 Å². The van der Waals surface area contributed by atoms with Crippen LogP contribution in [0.15, 0.2) is 42.0 Å². The van der Waals surface area contributed by atoms with Crippen LogP contribution in [0.3, 0.4) is 0 Å². The Morgan fingerprint density at radius 1 is 0.975 bits per heavy atom. The van der Waals surface area contributed by atoms with E-state index in [4.69, 9.17) is 4.74 Å². The molecule has 0 aliphatic heterocycles. The van der Waals surface area contributed by atoms with E-state index in [0.29, 0.717) is 17.4 Å². The van der Waals surface area contributed by atoms with Gasteiger partial charge in [-0.25, -0.2) is 4.79 Å². The van der Waals surface area contributed by atoms with Gasteiger partial charge in [0.05, 0.1) is 0 Å². The highest BCUT2D eigenvalue weighted by Crippen LogP contribution is 2.67. The van der Waals surface area contributed by atoms with Crippen LogP contribution in [0.1, 0.15) is 117 Å². The second-order valence-corrected chi connectivity index (χ2v) is 15.1. The summed E-state index contributed by atoms with van der Waals surface area (Å²) in [7, 11) is 0. The Hall–Kier alpha value is -1.77. The Morgan fingerprint density at radius 3 is 2.55 bits per heavy atom. The maximum atomic E-state index is 12.6. The molecule has 222 valence electrons. The van der Waals surface area contributed by atoms with Crippen molar-refractivity contribution < 1.29 is 9.53 Å². The largest absolute Gasteiger partial charge is 0.446 e. The van der Waals surface area contributed by atoms with Gasteiger partial charge in [0.15, 0.2) is 0 Å². The first kappa shape index (κ1) is 29.7. The fourth-order valence-corrected chi connectivity index (χ4v) is 10.1. The fourth-order valence-electron chi connectivity index (χ4n) is 10.1. The van der Waals surface area contributed by atoms with E-state index in [-0.39, 0.29) is 12.2 Å². The number of ether oxygens (including phenoxy) is 1. The molecule has 1 aromatic rings. The standard InChI is InChI=1S/C37H57NO2/c1-26(2)11-9-12-27(3)32-18-19-33-31-17-16-29-25-30(20-22-36(29,4)34(31)21-23-37(32,33)5)40-35(39)38-24-10-15-28-13-7-6-8-14-28/h6-8,13-14,16,26-27,30-34H,9-12,15,17-25H2,1-5H3,(H,38,39)/t27-,30+,31+,32?,33?,34?,36+,37-/m1/s1. The Bertz CT molecular complexity index is 1020. The van der Waals surface area contributed by atoms with Gasteiger partial charge in [0.1, 0.15) is 6.10 Å². The normalized spacial score (nSPS) is 35.8. The topological polar surface area (TPSA) is 38.3 Å². The van der Waals surface area contributed by atoms with Gasteiger partial charge in [0.2, 0.25) is 0 Å². The Balaban J connectivity index is 1.14. The van der Waals surface area contributed by atoms with Crippen LogP contribution >= 0.6 is 0 Å². The minimum absolute atomic E-state index is 0.0291. The molecule has 3 saturated carbocycles. The van der Waals surface area contributed by atoms with E-state index in [1.54, 1.807) is 5.57 Å². The third-order valence-corrected chi connectivity index (χ3v) is 12.3. The summed E-state index contributed by atoms with van der Waals surface area (Å²) >= 11 is 0. The van der Waals surface area contributed by atoms with Crippen molar-refractivity contribution in [1.82, 2.24) is 5.32 Å². The molecule has 3 heteroatoms. The van der Waals surface area contributed by atoms with Crippen LogP contribution in [0.25, 0.3) is 0 Å². The fraction of sp³-hybridized carbons (Fsp3) is 0.757. The number of amides is 1. The summed E-state index contributed by atoms with van der Waals surface area (Å²) in [5, 5.41) is 3.01. The third kappa shape index (κ3) is 6.19. The van der Waals surface area contributed by atoms with Crippen LogP contribution in [0.2, 0.25) is 0 Å². The van der Waals surface area contributed by atoms with Gasteiger partial charge in [0, 0.05) is 13.0 Å². The lowest BCUT2D eigenvalue weighted by atomic mass is 9.47. The van der Waals surface area contributed by atoms with Gasteiger partial charge in [-0.3, -0.25) is 0 Å². The van der Waals surface area contributed by atoms with Crippen LogP contribution in [-0.4, -0.2) is 18.7 Å². The number of aryl methyl sites for hydroxylation is 1. The number of carbonyl (C=O) groups excluding carboxylic acids is 1. The number of rotatable bonds is 10. The molecule has 3 unspecified atom stereocenters. The predicted octanol–water partition coefficient (Wildman–Crippen LogP) is 9.76. The molecule has 3 nitrogen and oxygen atoms in total. The van der Waals surface area contributed by atoms with E-state index in [1.165, 1.54) is 63.4 Å². The molecule has 5 rings (SSSR count). The molecular formula is C37H57NO2. The average molecular weight is 548 g/mol.